The average molecular weight is 375 g/mol. The van der Waals surface area contributed by atoms with Gasteiger partial charge >= 0.3 is 0 Å². The molecule has 138 valence electrons. The molecule has 8 heteroatoms. The number of rotatable bonds is 6. The fraction of sp³-hybridized carbons (Fsp3) is 0.333. The van der Waals surface area contributed by atoms with Gasteiger partial charge in [0.05, 0.1) is 11.0 Å². The van der Waals surface area contributed by atoms with Crippen LogP contribution < -0.4 is 10.0 Å². The number of sulfonamides is 1. The van der Waals surface area contributed by atoms with Crippen molar-refractivity contribution >= 4 is 21.7 Å². The third-order valence-corrected chi connectivity index (χ3v) is 5.54. The molecule has 1 aliphatic heterocycles. The van der Waals surface area contributed by atoms with Crippen LogP contribution in [-0.4, -0.2) is 38.6 Å². The van der Waals surface area contributed by atoms with Gasteiger partial charge in [-0.25, -0.2) is 18.1 Å². The summed E-state index contributed by atoms with van der Waals surface area (Å²) >= 11 is 0. The summed E-state index contributed by atoms with van der Waals surface area (Å²) in [7, 11) is -3.63. The van der Waals surface area contributed by atoms with Gasteiger partial charge in [-0.2, -0.15) is 0 Å². The topological polar surface area (TPSA) is 97.4 Å². The van der Waals surface area contributed by atoms with Crippen molar-refractivity contribution in [3.05, 3.63) is 53.7 Å². The summed E-state index contributed by atoms with van der Waals surface area (Å²) in [5, 5.41) is 2.67. The number of pyridine rings is 1. The summed E-state index contributed by atoms with van der Waals surface area (Å²) in [6.45, 7) is 2.83. The smallest absolute Gasteiger partial charge is 0.256 e. The molecule has 1 amide bonds. The van der Waals surface area contributed by atoms with E-state index in [1.807, 2.05) is 13.0 Å². The van der Waals surface area contributed by atoms with Gasteiger partial charge in [0.15, 0.2) is 0 Å². The number of carbonyl (C=O) groups excluding carboxylic acids is 1. The van der Waals surface area contributed by atoms with Crippen LogP contribution in [0.2, 0.25) is 0 Å². The zero-order chi connectivity index (χ0) is 18.6. The minimum atomic E-state index is -3.63. The molecule has 26 heavy (non-hydrogen) atoms. The van der Waals surface area contributed by atoms with Crippen molar-refractivity contribution in [2.24, 2.45) is 0 Å². The van der Waals surface area contributed by atoms with Gasteiger partial charge in [-0.05, 0) is 55.7 Å². The fourth-order valence-electron chi connectivity index (χ4n) is 2.61. The van der Waals surface area contributed by atoms with E-state index in [1.54, 1.807) is 12.3 Å². The molecule has 1 aliphatic rings. The van der Waals surface area contributed by atoms with Gasteiger partial charge in [0.1, 0.15) is 5.82 Å². The number of carbonyl (C=O) groups is 1. The Morgan fingerprint density at radius 2 is 2.00 bits per heavy atom. The lowest BCUT2D eigenvalue weighted by atomic mass is 10.2. The average Bonchev–Trinajstić information content (AvgIpc) is 3.16. The Kier molecular flexibility index (Phi) is 5.65. The normalized spacial score (nSPS) is 17.2. The van der Waals surface area contributed by atoms with E-state index in [0.29, 0.717) is 18.0 Å². The molecule has 1 aromatic carbocycles. The van der Waals surface area contributed by atoms with Crippen molar-refractivity contribution < 1.29 is 17.9 Å². The third kappa shape index (κ3) is 4.66. The molecule has 0 spiro atoms. The highest BCUT2D eigenvalue weighted by Gasteiger charge is 2.20. The van der Waals surface area contributed by atoms with Crippen LogP contribution >= 0.6 is 0 Å². The maximum absolute atomic E-state index is 12.3. The number of anilines is 1. The largest absolute Gasteiger partial charge is 0.377 e. The van der Waals surface area contributed by atoms with Gasteiger partial charge in [-0.3, -0.25) is 4.79 Å². The first-order valence-electron chi connectivity index (χ1n) is 8.39. The summed E-state index contributed by atoms with van der Waals surface area (Å²) in [4.78, 5) is 16.5. The maximum Gasteiger partial charge on any atom is 0.256 e. The molecule has 1 atom stereocenters. The van der Waals surface area contributed by atoms with E-state index in [0.717, 1.165) is 18.4 Å². The molecule has 2 N–H and O–H groups in total. The van der Waals surface area contributed by atoms with Crippen LogP contribution in [-0.2, 0) is 14.8 Å². The first-order valence-corrected chi connectivity index (χ1v) is 9.88. The third-order valence-electron chi connectivity index (χ3n) is 4.10. The van der Waals surface area contributed by atoms with Crippen molar-refractivity contribution in [1.29, 1.82) is 0 Å². The molecular formula is C18H21N3O4S. The monoisotopic (exact) mass is 375 g/mol. The number of benzene rings is 1. The van der Waals surface area contributed by atoms with Gasteiger partial charge < -0.3 is 10.1 Å². The zero-order valence-corrected chi connectivity index (χ0v) is 15.3. The second-order valence-electron chi connectivity index (χ2n) is 6.19. The second kappa shape index (κ2) is 7.94. The number of aromatic nitrogens is 1. The molecule has 2 aromatic rings. The number of hydrogen-bond donors (Lipinski definition) is 2. The Labute approximate surface area is 152 Å². The highest BCUT2D eigenvalue weighted by Crippen LogP contribution is 2.15. The van der Waals surface area contributed by atoms with Gasteiger partial charge in [0.25, 0.3) is 5.91 Å². The highest BCUT2D eigenvalue weighted by molar-refractivity contribution is 7.89. The van der Waals surface area contributed by atoms with Crippen molar-refractivity contribution in [1.82, 2.24) is 9.71 Å². The van der Waals surface area contributed by atoms with E-state index < -0.39 is 10.0 Å². The van der Waals surface area contributed by atoms with E-state index in [-0.39, 0.29) is 23.5 Å². The quantitative estimate of drug-likeness (QED) is 0.806. The van der Waals surface area contributed by atoms with E-state index >= 15 is 0 Å². The molecule has 7 nitrogen and oxygen atoms in total. The SMILES string of the molecule is Cc1ccc(NC(=O)c2ccc(S(=O)(=O)NC[C@@H]3CCCO3)cc2)nc1. The molecule has 0 saturated carbocycles. The molecule has 1 aromatic heterocycles. The maximum atomic E-state index is 12.3. The number of hydrogen-bond acceptors (Lipinski definition) is 5. The zero-order valence-electron chi connectivity index (χ0n) is 14.4. The van der Waals surface area contributed by atoms with E-state index in [9.17, 15) is 13.2 Å². The van der Waals surface area contributed by atoms with Gasteiger partial charge in [-0.15, -0.1) is 0 Å². The van der Waals surface area contributed by atoms with E-state index in [4.69, 9.17) is 4.74 Å². The van der Waals surface area contributed by atoms with Crippen molar-refractivity contribution in [3.8, 4) is 0 Å². The minimum absolute atomic E-state index is 0.0724. The van der Waals surface area contributed by atoms with Crippen LogP contribution in [0.15, 0.2) is 47.5 Å². The van der Waals surface area contributed by atoms with Gasteiger partial charge in [0.2, 0.25) is 10.0 Å². The number of nitrogens with one attached hydrogen (secondary N) is 2. The first-order chi connectivity index (χ1) is 12.4. The van der Waals surface area contributed by atoms with Crippen LogP contribution in [0.3, 0.4) is 0 Å². The minimum Gasteiger partial charge on any atom is -0.377 e. The number of nitrogens with zero attached hydrogens (tertiary/aromatic N) is 1. The lowest BCUT2D eigenvalue weighted by Gasteiger charge is -2.11. The molecule has 0 bridgehead atoms. The molecular weight excluding hydrogens is 354 g/mol. The van der Waals surface area contributed by atoms with Crippen molar-refractivity contribution in [2.45, 2.75) is 30.8 Å². The number of aryl methyl sites for hydroxylation is 1. The van der Waals surface area contributed by atoms with Crippen molar-refractivity contribution in [3.63, 3.8) is 0 Å². The predicted molar refractivity (Wildman–Crippen MR) is 97.5 cm³/mol. The summed E-state index contributed by atoms with van der Waals surface area (Å²) < 4.78 is 32.6. The Balaban J connectivity index is 1.63. The molecule has 1 saturated heterocycles. The van der Waals surface area contributed by atoms with E-state index in [2.05, 4.69) is 15.0 Å². The lowest BCUT2D eigenvalue weighted by Crippen LogP contribution is -2.31. The Morgan fingerprint density at radius 3 is 2.62 bits per heavy atom. The van der Waals surface area contributed by atoms with Gasteiger partial charge in [0, 0.05) is 24.9 Å². The van der Waals surface area contributed by atoms with Crippen LogP contribution in [0.25, 0.3) is 0 Å². The summed E-state index contributed by atoms with van der Waals surface area (Å²) in [6.07, 6.45) is 3.39. The Hall–Kier alpha value is -2.29. The summed E-state index contributed by atoms with van der Waals surface area (Å²) in [6, 6.07) is 9.33. The van der Waals surface area contributed by atoms with Crippen molar-refractivity contribution in [2.75, 3.05) is 18.5 Å². The lowest BCUT2D eigenvalue weighted by molar-refractivity contribution is 0.102. The molecule has 2 heterocycles. The molecule has 3 rings (SSSR count). The van der Waals surface area contributed by atoms with Gasteiger partial charge in [-0.1, -0.05) is 6.07 Å². The molecule has 0 unspecified atom stereocenters. The predicted octanol–water partition coefficient (Wildman–Crippen LogP) is 2.10. The fourth-order valence-corrected chi connectivity index (χ4v) is 3.67. The summed E-state index contributed by atoms with van der Waals surface area (Å²) in [5.74, 6) is 0.0909. The van der Waals surface area contributed by atoms with Crippen LogP contribution in [0.4, 0.5) is 5.82 Å². The first kappa shape index (κ1) is 18.5. The van der Waals surface area contributed by atoms with Crippen LogP contribution in [0, 0.1) is 6.92 Å². The number of ether oxygens (including phenoxy) is 1. The Morgan fingerprint density at radius 1 is 1.23 bits per heavy atom. The molecule has 0 aliphatic carbocycles. The molecule has 0 radical (unpaired) electrons. The van der Waals surface area contributed by atoms with Crippen LogP contribution in [0.1, 0.15) is 28.8 Å². The van der Waals surface area contributed by atoms with Crippen LogP contribution in [0.5, 0.6) is 0 Å². The standard InChI is InChI=1S/C18H21N3O4S/c1-13-4-9-17(19-11-13)21-18(22)14-5-7-16(8-6-14)26(23,24)20-12-15-3-2-10-25-15/h4-9,11,15,20H,2-3,10,12H2,1H3,(H,19,21,22)/t15-/m0/s1. The number of amides is 1. The Bertz CT molecular complexity index is 858. The van der Waals surface area contributed by atoms with E-state index in [1.165, 1.54) is 24.3 Å². The summed E-state index contributed by atoms with van der Waals surface area (Å²) in [5.41, 5.74) is 1.35. The molecule has 1 fully saturated rings. The highest BCUT2D eigenvalue weighted by atomic mass is 32.2. The second-order valence-corrected chi connectivity index (χ2v) is 7.95.